The summed E-state index contributed by atoms with van der Waals surface area (Å²) in [6.45, 7) is 9.35. The molecule has 0 aliphatic heterocycles. The highest BCUT2D eigenvalue weighted by atomic mass is 16.6. The van der Waals surface area contributed by atoms with Gasteiger partial charge in [-0.05, 0) is 32.1 Å². The van der Waals surface area contributed by atoms with Gasteiger partial charge in [-0.1, -0.05) is 20.8 Å². The van der Waals surface area contributed by atoms with E-state index < -0.39 is 6.09 Å². The van der Waals surface area contributed by atoms with Crippen molar-refractivity contribution >= 4 is 23.9 Å². The number of hydrogen-bond acceptors (Lipinski definition) is 6. The second kappa shape index (κ2) is 8.33. The quantitative estimate of drug-likeness (QED) is 0.386. The van der Waals surface area contributed by atoms with Crippen molar-refractivity contribution in [3.63, 3.8) is 0 Å². The SMILES string of the molecule is CCOC(=O)N/N=C(/OC)c1cc(C(C)(C)C)oc1C=CC(C)=O. The van der Waals surface area contributed by atoms with Crippen LogP contribution in [0.4, 0.5) is 4.79 Å². The standard InChI is InChI=1S/C17H24N2O5/c1-7-23-16(21)19-18-15(22-6)12-10-14(17(3,4)5)24-13(12)9-8-11(2)20/h8-10H,7H2,1-6H3,(H,19,21)/b9-8?,18-15+. The number of rotatable bonds is 5. The maximum atomic E-state index is 11.4. The zero-order valence-electron chi connectivity index (χ0n) is 14.9. The molecule has 0 saturated carbocycles. The number of ether oxygens (including phenoxy) is 2. The molecular weight excluding hydrogens is 312 g/mol. The summed E-state index contributed by atoms with van der Waals surface area (Å²) in [5.74, 6) is 1.14. The molecule has 0 atom stereocenters. The predicted octanol–water partition coefficient (Wildman–Crippen LogP) is 3.23. The molecule has 24 heavy (non-hydrogen) atoms. The van der Waals surface area contributed by atoms with E-state index >= 15 is 0 Å². The third-order valence-corrected chi connectivity index (χ3v) is 2.92. The fourth-order valence-corrected chi connectivity index (χ4v) is 1.73. The largest absolute Gasteiger partial charge is 0.479 e. The lowest BCUT2D eigenvalue weighted by Crippen LogP contribution is -2.21. The summed E-state index contributed by atoms with van der Waals surface area (Å²) in [6, 6.07) is 1.77. The molecule has 0 fully saturated rings. The number of carbonyl (C=O) groups is 2. The highest BCUT2D eigenvalue weighted by molar-refractivity contribution is 5.99. The molecule has 0 saturated heterocycles. The number of furan rings is 1. The van der Waals surface area contributed by atoms with E-state index in [4.69, 9.17) is 13.9 Å². The van der Waals surface area contributed by atoms with Crippen LogP contribution < -0.4 is 5.43 Å². The molecule has 1 aromatic heterocycles. The van der Waals surface area contributed by atoms with Crippen LogP contribution in [-0.2, 0) is 19.7 Å². The molecule has 7 heteroatoms. The highest BCUT2D eigenvalue weighted by Crippen LogP contribution is 2.28. The van der Waals surface area contributed by atoms with Crippen LogP contribution in [0.5, 0.6) is 0 Å². The number of hydrogen-bond donors (Lipinski definition) is 1. The van der Waals surface area contributed by atoms with Gasteiger partial charge < -0.3 is 13.9 Å². The van der Waals surface area contributed by atoms with Crippen LogP contribution in [0.25, 0.3) is 6.08 Å². The molecule has 0 aliphatic carbocycles. The molecule has 0 aromatic carbocycles. The van der Waals surface area contributed by atoms with Crippen molar-refractivity contribution in [2.24, 2.45) is 5.10 Å². The highest BCUT2D eigenvalue weighted by Gasteiger charge is 2.23. The molecule has 1 N–H and O–H groups in total. The fourth-order valence-electron chi connectivity index (χ4n) is 1.73. The average Bonchev–Trinajstić information content (AvgIpc) is 2.90. The van der Waals surface area contributed by atoms with Gasteiger partial charge in [-0.15, -0.1) is 5.10 Å². The predicted molar refractivity (Wildman–Crippen MR) is 90.8 cm³/mol. The van der Waals surface area contributed by atoms with E-state index in [-0.39, 0.29) is 23.7 Å². The molecule has 1 heterocycles. The Morgan fingerprint density at radius 1 is 1.38 bits per heavy atom. The first kappa shape index (κ1) is 19.5. The Morgan fingerprint density at radius 3 is 2.54 bits per heavy atom. The minimum Gasteiger partial charge on any atom is -0.479 e. The first-order chi connectivity index (χ1) is 11.2. The maximum absolute atomic E-state index is 11.4. The third-order valence-electron chi connectivity index (χ3n) is 2.92. The Morgan fingerprint density at radius 2 is 2.04 bits per heavy atom. The van der Waals surface area contributed by atoms with E-state index in [1.54, 1.807) is 19.1 Å². The second-order valence-corrected chi connectivity index (χ2v) is 6.04. The molecule has 1 aromatic rings. The Bertz CT molecular complexity index is 650. The van der Waals surface area contributed by atoms with Gasteiger partial charge >= 0.3 is 6.09 Å². The molecule has 0 bridgehead atoms. The molecule has 7 nitrogen and oxygen atoms in total. The van der Waals surface area contributed by atoms with Crippen LogP contribution >= 0.6 is 0 Å². The van der Waals surface area contributed by atoms with Crippen molar-refractivity contribution in [1.29, 1.82) is 0 Å². The molecule has 1 rings (SSSR count). The number of nitrogens with zero attached hydrogens (tertiary/aromatic N) is 1. The Kier molecular flexibility index (Phi) is 6.76. The molecular formula is C17H24N2O5. The number of ketones is 1. The number of allylic oxidation sites excluding steroid dienone is 1. The summed E-state index contributed by atoms with van der Waals surface area (Å²) in [6.07, 6.45) is 2.25. The minimum absolute atomic E-state index is 0.116. The van der Waals surface area contributed by atoms with Crippen LogP contribution in [0.2, 0.25) is 0 Å². The molecule has 132 valence electrons. The van der Waals surface area contributed by atoms with Gasteiger partial charge in [-0.3, -0.25) is 4.79 Å². The van der Waals surface area contributed by atoms with E-state index in [1.807, 2.05) is 20.8 Å². The van der Waals surface area contributed by atoms with Gasteiger partial charge in [0.1, 0.15) is 11.5 Å². The van der Waals surface area contributed by atoms with Gasteiger partial charge in [-0.25, -0.2) is 10.2 Å². The number of amides is 1. The fraction of sp³-hybridized carbons (Fsp3) is 0.471. The van der Waals surface area contributed by atoms with Crippen LogP contribution in [0.15, 0.2) is 21.7 Å². The van der Waals surface area contributed by atoms with Gasteiger partial charge in [0, 0.05) is 5.41 Å². The second-order valence-electron chi connectivity index (χ2n) is 6.04. The number of nitrogens with one attached hydrogen (secondary N) is 1. The Balaban J connectivity index is 3.26. The van der Waals surface area contributed by atoms with Crippen molar-refractivity contribution in [3.8, 4) is 0 Å². The lowest BCUT2D eigenvalue weighted by molar-refractivity contribution is -0.112. The van der Waals surface area contributed by atoms with Gasteiger partial charge in [0.05, 0.1) is 19.3 Å². The van der Waals surface area contributed by atoms with Crippen LogP contribution in [-0.4, -0.2) is 31.5 Å². The van der Waals surface area contributed by atoms with Gasteiger partial charge in [0.15, 0.2) is 5.78 Å². The molecule has 0 unspecified atom stereocenters. The summed E-state index contributed by atoms with van der Waals surface area (Å²) < 4.78 is 15.8. The van der Waals surface area contributed by atoms with Crippen LogP contribution in [0.1, 0.15) is 51.7 Å². The monoisotopic (exact) mass is 336 g/mol. The zero-order chi connectivity index (χ0) is 18.3. The first-order valence-corrected chi connectivity index (χ1v) is 7.56. The lowest BCUT2D eigenvalue weighted by atomic mass is 9.93. The summed E-state index contributed by atoms with van der Waals surface area (Å²) >= 11 is 0. The summed E-state index contributed by atoms with van der Waals surface area (Å²) in [4.78, 5) is 22.6. The summed E-state index contributed by atoms with van der Waals surface area (Å²) in [5, 5.41) is 3.91. The van der Waals surface area contributed by atoms with E-state index in [0.717, 1.165) is 0 Å². The van der Waals surface area contributed by atoms with Crippen molar-refractivity contribution in [3.05, 3.63) is 29.2 Å². The third kappa shape index (κ3) is 5.57. The van der Waals surface area contributed by atoms with E-state index in [0.29, 0.717) is 17.1 Å². The van der Waals surface area contributed by atoms with Crippen molar-refractivity contribution in [2.75, 3.05) is 13.7 Å². The topological polar surface area (TPSA) is 90.1 Å². The summed E-state index contributed by atoms with van der Waals surface area (Å²) in [7, 11) is 1.42. The van der Waals surface area contributed by atoms with Gasteiger partial charge in [0.2, 0.25) is 5.90 Å². The lowest BCUT2D eigenvalue weighted by Gasteiger charge is -2.13. The minimum atomic E-state index is -0.688. The Hall–Kier alpha value is -2.57. The average molecular weight is 336 g/mol. The number of methoxy groups -OCH3 is 1. The van der Waals surface area contributed by atoms with Gasteiger partial charge in [-0.2, -0.15) is 0 Å². The Labute approximate surface area is 141 Å². The van der Waals surface area contributed by atoms with Crippen LogP contribution in [0.3, 0.4) is 0 Å². The normalized spacial score (nSPS) is 12.3. The molecule has 0 radical (unpaired) electrons. The molecule has 0 spiro atoms. The molecule has 0 aliphatic rings. The first-order valence-electron chi connectivity index (χ1n) is 7.56. The molecule has 1 amide bonds. The van der Waals surface area contributed by atoms with Crippen LogP contribution in [0, 0.1) is 0 Å². The van der Waals surface area contributed by atoms with Crippen molar-refractivity contribution in [2.45, 2.75) is 40.0 Å². The number of hydrazone groups is 1. The van der Waals surface area contributed by atoms with Gasteiger partial charge in [0.25, 0.3) is 0 Å². The van der Waals surface area contributed by atoms with E-state index in [1.165, 1.54) is 20.1 Å². The van der Waals surface area contributed by atoms with E-state index in [9.17, 15) is 9.59 Å². The smallest absolute Gasteiger partial charge is 0.427 e. The summed E-state index contributed by atoms with van der Waals surface area (Å²) in [5.41, 5.74) is 2.52. The zero-order valence-corrected chi connectivity index (χ0v) is 14.9. The number of carbonyl (C=O) groups excluding carboxylic acids is 2. The van der Waals surface area contributed by atoms with Crippen molar-refractivity contribution in [1.82, 2.24) is 5.43 Å². The maximum Gasteiger partial charge on any atom is 0.427 e. The van der Waals surface area contributed by atoms with Crippen molar-refractivity contribution < 1.29 is 23.5 Å². The van der Waals surface area contributed by atoms with E-state index in [2.05, 4.69) is 10.5 Å².